The second kappa shape index (κ2) is 7.50. The molecule has 0 bridgehead atoms. The van der Waals surface area contributed by atoms with E-state index in [1.807, 2.05) is 6.07 Å². The molecule has 0 spiro atoms. The first kappa shape index (κ1) is 15.1. The van der Waals surface area contributed by atoms with Gasteiger partial charge in [0.25, 0.3) is 5.91 Å². The molecule has 0 aliphatic carbocycles. The Labute approximate surface area is 111 Å². The van der Waals surface area contributed by atoms with Crippen LogP contribution in [-0.4, -0.2) is 43.9 Å². The molecule has 1 aromatic carbocycles. The Balaban J connectivity index is 2.76. The Morgan fingerprint density at radius 1 is 1.37 bits per heavy atom. The number of rotatable bonds is 6. The standard InChI is InChI=1S/C13H17NO5/c1-18-8-9-4-3-5-10(6-9)12(16)14-11(7-15)13(17)19-2/h3-6,11,15H,7-8H2,1-2H3,(H,14,16). The number of hydrogen-bond acceptors (Lipinski definition) is 5. The van der Waals surface area contributed by atoms with E-state index in [1.165, 1.54) is 7.11 Å². The molecule has 0 aliphatic heterocycles. The van der Waals surface area contributed by atoms with E-state index >= 15 is 0 Å². The van der Waals surface area contributed by atoms with Gasteiger partial charge in [0.2, 0.25) is 0 Å². The predicted molar refractivity (Wildman–Crippen MR) is 67.5 cm³/mol. The van der Waals surface area contributed by atoms with Gasteiger partial charge in [0.15, 0.2) is 6.04 Å². The van der Waals surface area contributed by atoms with Gasteiger partial charge in [0.1, 0.15) is 0 Å². The summed E-state index contributed by atoms with van der Waals surface area (Å²) in [4.78, 5) is 23.2. The average Bonchev–Trinajstić information content (AvgIpc) is 2.44. The van der Waals surface area contributed by atoms with Gasteiger partial charge in [0.05, 0.1) is 20.3 Å². The molecule has 1 atom stereocenters. The quantitative estimate of drug-likeness (QED) is 0.714. The molecule has 1 unspecified atom stereocenters. The minimum absolute atomic E-state index is 0.386. The fourth-order valence-electron chi connectivity index (χ4n) is 1.53. The first-order chi connectivity index (χ1) is 9.12. The predicted octanol–water partition coefficient (Wildman–Crippen LogP) is 0.0967. The van der Waals surface area contributed by atoms with Crippen LogP contribution in [0.5, 0.6) is 0 Å². The van der Waals surface area contributed by atoms with Gasteiger partial charge in [0, 0.05) is 12.7 Å². The van der Waals surface area contributed by atoms with Crippen LogP contribution in [0.4, 0.5) is 0 Å². The molecular weight excluding hydrogens is 250 g/mol. The number of ether oxygens (including phenoxy) is 2. The zero-order valence-corrected chi connectivity index (χ0v) is 10.9. The van der Waals surface area contributed by atoms with Crippen LogP contribution in [0.2, 0.25) is 0 Å². The largest absolute Gasteiger partial charge is 0.467 e. The summed E-state index contributed by atoms with van der Waals surface area (Å²) in [5.41, 5.74) is 1.23. The van der Waals surface area contributed by atoms with E-state index in [0.29, 0.717) is 12.2 Å². The number of benzene rings is 1. The first-order valence-electron chi connectivity index (χ1n) is 5.69. The topological polar surface area (TPSA) is 84.9 Å². The number of amides is 1. The smallest absolute Gasteiger partial charge is 0.330 e. The van der Waals surface area contributed by atoms with Gasteiger partial charge in [-0.3, -0.25) is 4.79 Å². The van der Waals surface area contributed by atoms with Gasteiger partial charge in [-0.25, -0.2) is 4.79 Å². The van der Waals surface area contributed by atoms with Crippen molar-refractivity contribution in [2.75, 3.05) is 20.8 Å². The second-order valence-electron chi connectivity index (χ2n) is 3.87. The van der Waals surface area contributed by atoms with Crippen LogP contribution >= 0.6 is 0 Å². The summed E-state index contributed by atoms with van der Waals surface area (Å²) in [5.74, 6) is -1.15. The van der Waals surface area contributed by atoms with Crippen molar-refractivity contribution in [3.8, 4) is 0 Å². The van der Waals surface area contributed by atoms with Crippen LogP contribution in [0.25, 0.3) is 0 Å². The summed E-state index contributed by atoms with van der Waals surface area (Å²) in [6, 6.07) is 5.74. The molecular formula is C13H17NO5. The molecule has 104 valence electrons. The molecule has 0 fully saturated rings. The second-order valence-corrected chi connectivity index (χ2v) is 3.87. The fourth-order valence-corrected chi connectivity index (χ4v) is 1.53. The Bertz CT molecular complexity index is 446. The molecule has 0 radical (unpaired) electrons. The van der Waals surface area contributed by atoms with E-state index in [1.54, 1.807) is 25.3 Å². The summed E-state index contributed by atoms with van der Waals surface area (Å²) in [7, 11) is 2.75. The third-order valence-electron chi connectivity index (χ3n) is 2.47. The lowest BCUT2D eigenvalue weighted by Crippen LogP contribution is -2.44. The van der Waals surface area contributed by atoms with E-state index in [0.717, 1.165) is 5.56 Å². The minimum Gasteiger partial charge on any atom is -0.467 e. The summed E-state index contributed by atoms with van der Waals surface area (Å²) in [6.45, 7) is -0.127. The van der Waals surface area contributed by atoms with Crippen molar-refractivity contribution in [1.29, 1.82) is 0 Å². The normalized spacial score (nSPS) is 11.7. The zero-order valence-electron chi connectivity index (χ0n) is 10.9. The van der Waals surface area contributed by atoms with Crippen LogP contribution < -0.4 is 5.32 Å². The zero-order chi connectivity index (χ0) is 14.3. The van der Waals surface area contributed by atoms with E-state index in [9.17, 15) is 9.59 Å². The lowest BCUT2D eigenvalue weighted by Gasteiger charge is -2.14. The highest BCUT2D eigenvalue weighted by atomic mass is 16.5. The molecule has 2 N–H and O–H groups in total. The molecule has 0 aliphatic rings. The molecule has 0 aromatic heterocycles. The Hall–Kier alpha value is -1.92. The summed E-state index contributed by atoms with van der Waals surface area (Å²) in [5, 5.41) is 11.4. The van der Waals surface area contributed by atoms with Crippen LogP contribution in [0.3, 0.4) is 0 Å². The van der Waals surface area contributed by atoms with Gasteiger partial charge >= 0.3 is 5.97 Å². The van der Waals surface area contributed by atoms with Crippen molar-refractivity contribution in [1.82, 2.24) is 5.32 Å². The Morgan fingerprint density at radius 2 is 2.11 bits per heavy atom. The molecule has 1 rings (SSSR count). The molecule has 6 nitrogen and oxygen atoms in total. The monoisotopic (exact) mass is 267 g/mol. The molecule has 19 heavy (non-hydrogen) atoms. The molecule has 6 heteroatoms. The molecule has 0 saturated heterocycles. The number of carbonyl (C=O) groups is 2. The van der Waals surface area contributed by atoms with Crippen LogP contribution in [0, 0.1) is 0 Å². The number of aliphatic hydroxyl groups excluding tert-OH is 1. The Morgan fingerprint density at radius 3 is 2.68 bits per heavy atom. The lowest BCUT2D eigenvalue weighted by molar-refractivity contribution is -0.143. The van der Waals surface area contributed by atoms with Crippen LogP contribution in [0.15, 0.2) is 24.3 Å². The summed E-state index contributed by atoms with van der Waals surface area (Å²) in [6.07, 6.45) is 0. The molecule has 1 aromatic rings. The minimum atomic E-state index is -1.07. The number of hydrogen-bond donors (Lipinski definition) is 2. The van der Waals surface area contributed by atoms with Crippen LogP contribution in [0.1, 0.15) is 15.9 Å². The molecule has 0 saturated carbocycles. The first-order valence-corrected chi connectivity index (χ1v) is 5.69. The summed E-state index contributed by atoms with van der Waals surface area (Å²) < 4.78 is 9.44. The maximum Gasteiger partial charge on any atom is 0.330 e. The highest BCUT2D eigenvalue weighted by molar-refractivity contribution is 5.96. The molecule has 1 amide bonds. The van der Waals surface area contributed by atoms with Gasteiger partial charge in [-0.05, 0) is 17.7 Å². The van der Waals surface area contributed by atoms with E-state index < -0.39 is 24.5 Å². The number of nitrogens with one attached hydrogen (secondary N) is 1. The maximum atomic E-state index is 11.9. The van der Waals surface area contributed by atoms with E-state index in [4.69, 9.17) is 9.84 Å². The number of esters is 1. The molecule has 0 heterocycles. The summed E-state index contributed by atoms with van der Waals surface area (Å²) >= 11 is 0. The Kier molecular flexibility index (Phi) is 5.98. The number of carbonyl (C=O) groups excluding carboxylic acids is 2. The van der Waals surface area contributed by atoms with Gasteiger partial charge in [-0.1, -0.05) is 12.1 Å². The van der Waals surface area contributed by atoms with Crippen molar-refractivity contribution < 1.29 is 24.2 Å². The SMILES string of the molecule is COCc1cccc(C(=O)NC(CO)C(=O)OC)c1. The van der Waals surface area contributed by atoms with Gasteiger partial charge in [-0.2, -0.15) is 0 Å². The average molecular weight is 267 g/mol. The number of methoxy groups -OCH3 is 2. The van der Waals surface area contributed by atoms with Gasteiger partial charge < -0.3 is 19.9 Å². The fraction of sp³-hybridized carbons (Fsp3) is 0.385. The number of aliphatic hydroxyl groups is 1. The van der Waals surface area contributed by atoms with Crippen molar-refractivity contribution in [2.45, 2.75) is 12.6 Å². The van der Waals surface area contributed by atoms with E-state index in [-0.39, 0.29) is 0 Å². The third-order valence-corrected chi connectivity index (χ3v) is 2.47. The van der Waals surface area contributed by atoms with Crippen molar-refractivity contribution >= 4 is 11.9 Å². The maximum absolute atomic E-state index is 11.9. The van der Waals surface area contributed by atoms with Crippen molar-refractivity contribution in [3.05, 3.63) is 35.4 Å². The van der Waals surface area contributed by atoms with Crippen molar-refractivity contribution in [2.24, 2.45) is 0 Å². The lowest BCUT2D eigenvalue weighted by atomic mass is 10.1. The van der Waals surface area contributed by atoms with Crippen LogP contribution in [-0.2, 0) is 20.9 Å². The third kappa shape index (κ3) is 4.35. The highest BCUT2D eigenvalue weighted by Gasteiger charge is 2.21. The van der Waals surface area contributed by atoms with Gasteiger partial charge in [-0.15, -0.1) is 0 Å². The van der Waals surface area contributed by atoms with Crippen molar-refractivity contribution in [3.63, 3.8) is 0 Å². The van der Waals surface area contributed by atoms with E-state index in [2.05, 4.69) is 10.1 Å². The highest BCUT2D eigenvalue weighted by Crippen LogP contribution is 2.07.